The molecule has 0 unspecified atom stereocenters. The summed E-state index contributed by atoms with van der Waals surface area (Å²) in [5, 5.41) is 2.25. The number of rotatable bonds is 6. The van der Waals surface area contributed by atoms with E-state index in [1.807, 2.05) is 0 Å². The van der Waals surface area contributed by atoms with Crippen LogP contribution >= 0.6 is 11.3 Å². The van der Waals surface area contributed by atoms with Crippen LogP contribution in [0.4, 0.5) is 15.2 Å². The first-order valence-electron chi connectivity index (χ1n) is 8.36. The highest BCUT2D eigenvalue weighted by Gasteiger charge is 2.17. The Morgan fingerprint density at radius 3 is 2.39 bits per heavy atom. The molecule has 3 aromatic rings. The number of thiazole rings is 1. The van der Waals surface area contributed by atoms with E-state index in [4.69, 9.17) is 4.74 Å². The molecule has 3 rings (SSSR count). The number of benzene rings is 2. The van der Waals surface area contributed by atoms with E-state index in [9.17, 15) is 14.0 Å². The van der Waals surface area contributed by atoms with Crippen LogP contribution in [0.3, 0.4) is 0 Å². The predicted molar refractivity (Wildman–Crippen MR) is 108 cm³/mol. The first-order valence-corrected chi connectivity index (χ1v) is 9.24. The number of hydrogen-bond donors (Lipinski definition) is 0. The molecular weight excluding hydrogens is 379 g/mol. The smallest absolute Gasteiger partial charge is 0.230 e. The number of carbonyl (C=O) groups is 2. The second-order valence-corrected chi connectivity index (χ2v) is 6.65. The first kappa shape index (κ1) is 19.4. The summed E-state index contributed by atoms with van der Waals surface area (Å²) in [5.74, 6) is -0.146. The van der Waals surface area contributed by atoms with E-state index in [2.05, 4.69) is 4.98 Å². The van der Waals surface area contributed by atoms with Gasteiger partial charge in [0.2, 0.25) is 5.91 Å². The monoisotopic (exact) mass is 396 g/mol. The molecule has 0 aliphatic carbocycles. The maximum absolute atomic E-state index is 12.9. The summed E-state index contributed by atoms with van der Waals surface area (Å²) in [5.41, 5.74) is 1.60. The number of hydrogen-bond acceptors (Lipinski definition) is 5. The van der Waals surface area contributed by atoms with E-state index in [0.717, 1.165) is 0 Å². The normalized spacial score (nSPS) is 10.8. The third kappa shape index (κ3) is 4.50. The number of amides is 1. The van der Waals surface area contributed by atoms with Crippen molar-refractivity contribution in [3.8, 4) is 5.75 Å². The highest BCUT2D eigenvalue weighted by atomic mass is 32.1. The van der Waals surface area contributed by atoms with Gasteiger partial charge in [-0.25, -0.2) is 9.37 Å². The molecule has 0 aliphatic rings. The Hall–Kier alpha value is -3.32. The topological polar surface area (TPSA) is 59.5 Å². The summed E-state index contributed by atoms with van der Waals surface area (Å²) in [4.78, 5) is 30.2. The van der Waals surface area contributed by atoms with Gasteiger partial charge in [0.15, 0.2) is 10.9 Å². The predicted octanol–water partition coefficient (Wildman–Crippen LogP) is 4.87. The summed E-state index contributed by atoms with van der Waals surface area (Å²) in [6, 6.07) is 12.4. The summed E-state index contributed by atoms with van der Waals surface area (Å²) >= 11 is 1.29. The van der Waals surface area contributed by atoms with Crippen molar-refractivity contribution in [1.29, 1.82) is 0 Å². The molecule has 0 spiro atoms. The van der Waals surface area contributed by atoms with Crippen molar-refractivity contribution in [2.75, 3.05) is 12.0 Å². The SMILES string of the molecule is COc1ccc(N(C(C)=O)c2nc(C=CC(=O)c3ccc(F)cc3)cs2)cc1. The lowest BCUT2D eigenvalue weighted by molar-refractivity contribution is -0.115. The molecule has 2 aromatic carbocycles. The molecule has 1 aromatic heterocycles. The van der Waals surface area contributed by atoms with Crippen LogP contribution in [0.5, 0.6) is 5.75 Å². The molecule has 0 fully saturated rings. The fourth-order valence-electron chi connectivity index (χ4n) is 2.49. The number of nitrogens with zero attached hydrogens (tertiary/aromatic N) is 2. The van der Waals surface area contributed by atoms with Crippen molar-refractivity contribution in [3.05, 3.63) is 77.1 Å². The Morgan fingerprint density at radius 1 is 1.11 bits per heavy atom. The molecule has 0 saturated heterocycles. The minimum Gasteiger partial charge on any atom is -0.497 e. The van der Waals surface area contributed by atoms with Crippen LogP contribution in [0.1, 0.15) is 23.0 Å². The lowest BCUT2D eigenvalue weighted by atomic mass is 10.1. The number of anilines is 2. The minimum atomic E-state index is -0.396. The summed E-state index contributed by atoms with van der Waals surface area (Å²) in [6.07, 6.45) is 2.94. The van der Waals surface area contributed by atoms with Gasteiger partial charge in [0.25, 0.3) is 0 Å². The quantitative estimate of drug-likeness (QED) is 0.440. The maximum atomic E-state index is 12.9. The lowest BCUT2D eigenvalue weighted by Gasteiger charge is -2.18. The standard InChI is InChI=1S/C21H17FN2O3S/c1-14(25)24(18-8-10-19(27-2)11-9-18)21-23-17(13-28-21)7-12-20(26)15-3-5-16(22)6-4-15/h3-13H,1-2H3. The van der Waals surface area contributed by atoms with E-state index in [0.29, 0.717) is 27.8 Å². The van der Waals surface area contributed by atoms with E-state index >= 15 is 0 Å². The molecule has 7 heteroatoms. The van der Waals surface area contributed by atoms with E-state index in [-0.39, 0.29) is 11.7 Å². The summed E-state index contributed by atoms with van der Waals surface area (Å²) in [6.45, 7) is 1.46. The van der Waals surface area contributed by atoms with Crippen molar-refractivity contribution in [3.63, 3.8) is 0 Å². The zero-order valence-electron chi connectivity index (χ0n) is 15.3. The Morgan fingerprint density at radius 2 is 1.79 bits per heavy atom. The molecule has 0 saturated carbocycles. The number of methoxy groups -OCH3 is 1. The average molecular weight is 396 g/mol. The van der Waals surface area contributed by atoms with Gasteiger partial charge in [-0.2, -0.15) is 0 Å². The van der Waals surface area contributed by atoms with Gasteiger partial charge in [-0.3, -0.25) is 14.5 Å². The fraction of sp³-hybridized carbons (Fsp3) is 0.0952. The van der Waals surface area contributed by atoms with Gasteiger partial charge in [0.1, 0.15) is 11.6 Å². The lowest BCUT2D eigenvalue weighted by Crippen LogP contribution is -2.22. The van der Waals surface area contributed by atoms with Crippen molar-refractivity contribution in [2.45, 2.75) is 6.92 Å². The van der Waals surface area contributed by atoms with E-state index in [1.165, 1.54) is 53.5 Å². The number of allylic oxidation sites excluding steroid dienone is 1. The fourth-order valence-corrected chi connectivity index (χ4v) is 3.34. The summed E-state index contributed by atoms with van der Waals surface area (Å²) in [7, 11) is 1.57. The summed E-state index contributed by atoms with van der Waals surface area (Å²) < 4.78 is 18.1. The van der Waals surface area contributed by atoms with Crippen molar-refractivity contribution >= 4 is 39.9 Å². The van der Waals surface area contributed by atoms with Gasteiger partial charge in [0.05, 0.1) is 18.5 Å². The third-order valence-corrected chi connectivity index (χ3v) is 4.72. The van der Waals surface area contributed by atoms with Crippen molar-refractivity contribution in [1.82, 2.24) is 4.98 Å². The van der Waals surface area contributed by atoms with Gasteiger partial charge >= 0.3 is 0 Å². The maximum Gasteiger partial charge on any atom is 0.230 e. The van der Waals surface area contributed by atoms with E-state index in [1.54, 1.807) is 42.8 Å². The van der Waals surface area contributed by atoms with Crippen LogP contribution in [0, 0.1) is 5.82 Å². The van der Waals surface area contributed by atoms with Gasteiger partial charge in [-0.05, 0) is 60.7 Å². The molecule has 0 atom stereocenters. The van der Waals surface area contributed by atoms with Crippen molar-refractivity contribution in [2.24, 2.45) is 0 Å². The molecule has 5 nitrogen and oxygen atoms in total. The van der Waals surface area contributed by atoms with Crippen molar-refractivity contribution < 1.29 is 18.7 Å². The third-order valence-electron chi connectivity index (χ3n) is 3.88. The second-order valence-electron chi connectivity index (χ2n) is 5.81. The van der Waals surface area contributed by atoms with Gasteiger partial charge in [-0.15, -0.1) is 11.3 Å². The Kier molecular flexibility index (Phi) is 5.96. The van der Waals surface area contributed by atoms with Gasteiger partial charge in [-0.1, -0.05) is 0 Å². The number of halogens is 1. The average Bonchev–Trinajstić information content (AvgIpc) is 3.15. The molecule has 0 N–H and O–H groups in total. The Bertz CT molecular complexity index is 1010. The van der Waals surface area contributed by atoms with Crippen LogP contribution in [-0.4, -0.2) is 23.8 Å². The van der Waals surface area contributed by atoms with Crippen LogP contribution < -0.4 is 9.64 Å². The molecule has 0 radical (unpaired) electrons. The number of aromatic nitrogens is 1. The molecule has 142 valence electrons. The zero-order chi connectivity index (χ0) is 20.1. The molecule has 0 bridgehead atoms. The Balaban J connectivity index is 1.79. The molecule has 1 amide bonds. The highest BCUT2D eigenvalue weighted by Crippen LogP contribution is 2.30. The number of ketones is 1. The highest BCUT2D eigenvalue weighted by molar-refractivity contribution is 7.14. The molecule has 0 aliphatic heterocycles. The minimum absolute atomic E-state index is 0.183. The van der Waals surface area contributed by atoms with Crippen LogP contribution in [0.2, 0.25) is 0 Å². The zero-order valence-corrected chi connectivity index (χ0v) is 16.1. The molecule has 28 heavy (non-hydrogen) atoms. The van der Waals surface area contributed by atoms with Gasteiger partial charge in [0, 0.05) is 17.9 Å². The van der Waals surface area contributed by atoms with Crippen LogP contribution in [0.15, 0.2) is 60.0 Å². The van der Waals surface area contributed by atoms with Crippen LogP contribution in [0.25, 0.3) is 6.08 Å². The number of ether oxygens (including phenoxy) is 1. The Labute approximate surface area is 165 Å². The largest absolute Gasteiger partial charge is 0.497 e. The molecule has 1 heterocycles. The second kappa shape index (κ2) is 8.58. The molecular formula is C21H17FN2O3S. The van der Waals surface area contributed by atoms with Gasteiger partial charge < -0.3 is 4.74 Å². The number of carbonyl (C=O) groups excluding carboxylic acids is 2. The van der Waals surface area contributed by atoms with E-state index < -0.39 is 5.82 Å². The van der Waals surface area contributed by atoms with Crippen LogP contribution in [-0.2, 0) is 4.79 Å². The first-order chi connectivity index (χ1) is 13.5.